The summed E-state index contributed by atoms with van der Waals surface area (Å²) in [6.45, 7) is 0.470. The van der Waals surface area contributed by atoms with Gasteiger partial charge in [-0.15, -0.1) is 0 Å². The molecular formula is C26H22F3NO3. The third-order valence-electron chi connectivity index (χ3n) is 5.50. The van der Waals surface area contributed by atoms with Gasteiger partial charge >= 0.3 is 12.3 Å². The van der Waals surface area contributed by atoms with Crippen molar-refractivity contribution < 1.29 is 27.8 Å². The summed E-state index contributed by atoms with van der Waals surface area (Å²) in [5.41, 5.74) is 3.85. The predicted molar refractivity (Wildman–Crippen MR) is 120 cm³/mol. The second kappa shape index (κ2) is 9.40. The van der Waals surface area contributed by atoms with Crippen LogP contribution in [-0.4, -0.2) is 24.4 Å². The lowest BCUT2D eigenvalue weighted by molar-refractivity contribution is -0.137. The van der Waals surface area contributed by atoms with E-state index in [0.29, 0.717) is 12.5 Å². The molecule has 0 heterocycles. The Morgan fingerprint density at radius 1 is 1.00 bits per heavy atom. The first-order valence-corrected chi connectivity index (χ1v) is 10.5. The number of alkyl carbamates (subject to hydrolysis) is 1. The van der Waals surface area contributed by atoms with Gasteiger partial charge in [0.25, 0.3) is 0 Å². The van der Waals surface area contributed by atoms with E-state index in [2.05, 4.69) is 17.4 Å². The molecule has 1 aliphatic rings. The van der Waals surface area contributed by atoms with Crippen LogP contribution >= 0.6 is 0 Å². The second-order valence-corrected chi connectivity index (χ2v) is 7.75. The summed E-state index contributed by atoms with van der Waals surface area (Å²) in [4.78, 5) is 12.1. The normalized spacial score (nSPS) is 13.1. The first kappa shape index (κ1) is 22.5. The van der Waals surface area contributed by atoms with E-state index < -0.39 is 23.6 Å². The highest BCUT2D eigenvalue weighted by molar-refractivity contribution is 5.79. The topological polar surface area (TPSA) is 58.6 Å². The van der Waals surface area contributed by atoms with Gasteiger partial charge in [-0.2, -0.15) is 13.2 Å². The number of phenols is 1. The molecule has 0 fully saturated rings. The molecule has 0 radical (unpaired) electrons. The minimum atomic E-state index is -4.53. The van der Waals surface area contributed by atoms with Gasteiger partial charge in [0.15, 0.2) is 0 Å². The van der Waals surface area contributed by atoms with Crippen LogP contribution in [-0.2, 0) is 10.9 Å². The van der Waals surface area contributed by atoms with Crippen molar-refractivity contribution in [3.05, 3.63) is 95.1 Å². The van der Waals surface area contributed by atoms with E-state index in [9.17, 15) is 23.1 Å². The number of hydrogen-bond acceptors (Lipinski definition) is 3. The van der Waals surface area contributed by atoms with Crippen LogP contribution in [0.2, 0.25) is 0 Å². The Morgan fingerprint density at radius 3 is 2.27 bits per heavy atom. The number of rotatable bonds is 6. The van der Waals surface area contributed by atoms with Crippen molar-refractivity contribution in [2.24, 2.45) is 0 Å². The molecule has 0 aromatic heterocycles. The summed E-state index contributed by atoms with van der Waals surface area (Å²) in [5.74, 6) is -0.488. The minimum absolute atomic E-state index is 0.0309. The number of fused-ring (bicyclic) bond motifs is 3. The zero-order valence-electron chi connectivity index (χ0n) is 17.6. The quantitative estimate of drug-likeness (QED) is 0.428. The number of aromatic hydroxyl groups is 1. The van der Waals surface area contributed by atoms with Crippen molar-refractivity contribution in [3.8, 4) is 16.9 Å². The number of phenolic OH excluding ortho intramolecular Hbond substituents is 1. The SMILES string of the molecule is O=C(NCCC=Cc1cc(O)cc(C(F)(F)F)c1)OCC1c2ccccc2-c2ccccc21. The molecule has 33 heavy (non-hydrogen) atoms. The molecule has 1 amide bonds. The van der Waals surface area contributed by atoms with E-state index in [1.54, 1.807) is 6.08 Å². The Hall–Kier alpha value is -3.74. The highest BCUT2D eigenvalue weighted by Crippen LogP contribution is 2.44. The number of ether oxygens (including phenoxy) is 1. The lowest BCUT2D eigenvalue weighted by Gasteiger charge is -2.14. The van der Waals surface area contributed by atoms with Crippen LogP contribution in [0.5, 0.6) is 5.75 Å². The van der Waals surface area contributed by atoms with Gasteiger partial charge in [-0.05, 0) is 52.4 Å². The van der Waals surface area contributed by atoms with E-state index in [1.807, 2.05) is 36.4 Å². The molecule has 7 heteroatoms. The smallest absolute Gasteiger partial charge is 0.416 e. The Balaban J connectivity index is 1.28. The van der Waals surface area contributed by atoms with E-state index in [0.717, 1.165) is 28.3 Å². The Kier molecular flexibility index (Phi) is 6.40. The molecule has 1 aliphatic carbocycles. The number of alkyl halides is 3. The highest BCUT2D eigenvalue weighted by atomic mass is 19.4. The average Bonchev–Trinajstić information content (AvgIpc) is 3.10. The molecule has 3 aromatic rings. The number of halogens is 3. The molecule has 170 valence electrons. The Bertz CT molecular complexity index is 1140. The first-order valence-electron chi connectivity index (χ1n) is 10.5. The van der Waals surface area contributed by atoms with Gasteiger partial charge in [-0.1, -0.05) is 60.7 Å². The van der Waals surface area contributed by atoms with Gasteiger partial charge < -0.3 is 15.2 Å². The van der Waals surface area contributed by atoms with Crippen LogP contribution in [0.4, 0.5) is 18.0 Å². The average molecular weight is 453 g/mol. The molecule has 0 unspecified atom stereocenters. The molecule has 0 spiro atoms. The van der Waals surface area contributed by atoms with Gasteiger partial charge in [0, 0.05) is 12.5 Å². The molecule has 4 nitrogen and oxygen atoms in total. The zero-order valence-corrected chi connectivity index (χ0v) is 17.6. The largest absolute Gasteiger partial charge is 0.508 e. The summed E-state index contributed by atoms with van der Waals surface area (Å²) in [5, 5.41) is 12.1. The maximum atomic E-state index is 12.8. The van der Waals surface area contributed by atoms with Gasteiger partial charge in [-0.25, -0.2) is 4.79 Å². The zero-order chi connectivity index (χ0) is 23.4. The fourth-order valence-electron chi connectivity index (χ4n) is 4.02. The summed E-state index contributed by atoms with van der Waals surface area (Å²) < 4.78 is 43.9. The van der Waals surface area contributed by atoms with Gasteiger partial charge in [-0.3, -0.25) is 0 Å². The third kappa shape index (κ3) is 5.19. The lowest BCUT2D eigenvalue weighted by Crippen LogP contribution is -2.26. The molecule has 3 aromatic carbocycles. The monoisotopic (exact) mass is 453 g/mol. The maximum absolute atomic E-state index is 12.8. The molecule has 0 aliphatic heterocycles. The van der Waals surface area contributed by atoms with Crippen molar-refractivity contribution in [1.29, 1.82) is 0 Å². The van der Waals surface area contributed by atoms with E-state index in [4.69, 9.17) is 4.74 Å². The van der Waals surface area contributed by atoms with E-state index in [-0.39, 0.29) is 24.6 Å². The van der Waals surface area contributed by atoms with Gasteiger partial charge in [0.05, 0.1) is 5.56 Å². The fourth-order valence-corrected chi connectivity index (χ4v) is 4.02. The first-order chi connectivity index (χ1) is 15.8. The van der Waals surface area contributed by atoms with E-state index >= 15 is 0 Å². The molecule has 0 bridgehead atoms. The summed E-state index contributed by atoms with van der Waals surface area (Å²) in [6, 6.07) is 19.0. The van der Waals surface area contributed by atoms with E-state index in [1.165, 1.54) is 12.1 Å². The highest BCUT2D eigenvalue weighted by Gasteiger charge is 2.31. The number of amides is 1. The molecule has 2 N–H and O–H groups in total. The van der Waals surface area contributed by atoms with Gasteiger partial charge in [0.1, 0.15) is 12.4 Å². The summed E-state index contributed by atoms with van der Waals surface area (Å²) in [6.07, 6.45) is -1.61. The molecule has 0 saturated heterocycles. The Morgan fingerprint density at radius 2 is 1.64 bits per heavy atom. The molecule has 0 saturated carbocycles. The van der Waals surface area contributed by atoms with Crippen molar-refractivity contribution in [3.63, 3.8) is 0 Å². The van der Waals surface area contributed by atoms with Crippen LogP contribution in [0, 0.1) is 0 Å². The molecule has 0 atom stereocenters. The van der Waals surface area contributed by atoms with Crippen molar-refractivity contribution in [1.82, 2.24) is 5.32 Å². The van der Waals surface area contributed by atoms with Crippen LogP contribution < -0.4 is 5.32 Å². The van der Waals surface area contributed by atoms with Crippen molar-refractivity contribution in [2.45, 2.75) is 18.5 Å². The molecule has 4 rings (SSSR count). The fraction of sp³-hybridized carbons (Fsp3) is 0.192. The second-order valence-electron chi connectivity index (χ2n) is 7.75. The summed E-state index contributed by atoms with van der Waals surface area (Å²) >= 11 is 0. The number of hydrogen-bond donors (Lipinski definition) is 2. The summed E-state index contributed by atoms with van der Waals surface area (Å²) in [7, 11) is 0. The minimum Gasteiger partial charge on any atom is -0.508 e. The molecular weight excluding hydrogens is 431 g/mol. The van der Waals surface area contributed by atoms with Gasteiger partial charge in [0.2, 0.25) is 0 Å². The predicted octanol–water partition coefficient (Wildman–Crippen LogP) is 6.35. The van der Waals surface area contributed by atoms with Crippen LogP contribution in [0.1, 0.15) is 34.6 Å². The number of carbonyl (C=O) groups is 1. The van der Waals surface area contributed by atoms with Crippen LogP contribution in [0.25, 0.3) is 17.2 Å². The van der Waals surface area contributed by atoms with Crippen LogP contribution in [0.3, 0.4) is 0 Å². The third-order valence-corrected chi connectivity index (χ3v) is 5.50. The van der Waals surface area contributed by atoms with Crippen LogP contribution in [0.15, 0.2) is 72.8 Å². The lowest BCUT2D eigenvalue weighted by atomic mass is 9.98. The van der Waals surface area contributed by atoms with Crippen molar-refractivity contribution in [2.75, 3.05) is 13.2 Å². The maximum Gasteiger partial charge on any atom is 0.416 e. The number of benzene rings is 3. The Labute approximate surface area is 189 Å². The number of carbonyl (C=O) groups excluding carboxylic acids is 1. The van der Waals surface area contributed by atoms with Crippen molar-refractivity contribution >= 4 is 12.2 Å². The standard InChI is InChI=1S/C26H22F3NO3/c27-26(28,29)18-13-17(14-19(31)15-18)7-5-6-12-30-25(32)33-16-24-22-10-3-1-8-20(22)21-9-2-4-11-23(21)24/h1-5,7-11,13-15,24,31H,6,12,16H2,(H,30,32). The number of nitrogens with one attached hydrogen (secondary N) is 1.